The van der Waals surface area contributed by atoms with Gasteiger partial charge in [0.05, 0.1) is 6.61 Å². The molecule has 0 aliphatic carbocycles. The average Bonchev–Trinajstić information content (AvgIpc) is 2.84. The summed E-state index contributed by atoms with van der Waals surface area (Å²) in [5, 5.41) is 3.32. The van der Waals surface area contributed by atoms with Crippen LogP contribution in [0.2, 0.25) is 0 Å². The SMILES string of the molecule is CCNCc1ccc(OCCC2CCCN2C)nc1C. The van der Waals surface area contributed by atoms with Crippen molar-refractivity contribution in [1.29, 1.82) is 0 Å². The standard InChI is InChI=1S/C16H27N3O/c1-4-17-12-14-7-8-16(18-13(14)2)20-11-9-15-6-5-10-19(15)3/h7-8,15,17H,4-6,9-12H2,1-3H3. The Morgan fingerprint density at radius 1 is 1.45 bits per heavy atom. The first-order valence-electron chi connectivity index (χ1n) is 7.71. The maximum Gasteiger partial charge on any atom is 0.213 e. The molecule has 1 N–H and O–H groups in total. The number of nitrogens with zero attached hydrogens (tertiary/aromatic N) is 2. The lowest BCUT2D eigenvalue weighted by Gasteiger charge is -2.19. The van der Waals surface area contributed by atoms with E-state index in [2.05, 4.69) is 35.2 Å². The lowest BCUT2D eigenvalue weighted by Crippen LogP contribution is -2.26. The van der Waals surface area contributed by atoms with Crippen LogP contribution in [-0.4, -0.2) is 42.7 Å². The highest BCUT2D eigenvalue weighted by molar-refractivity contribution is 5.24. The fourth-order valence-electron chi connectivity index (χ4n) is 2.74. The first-order chi connectivity index (χ1) is 9.70. The van der Waals surface area contributed by atoms with Crippen LogP contribution in [0.15, 0.2) is 12.1 Å². The summed E-state index contributed by atoms with van der Waals surface area (Å²) in [5.41, 5.74) is 2.30. The molecule has 1 aliphatic rings. The van der Waals surface area contributed by atoms with Crippen molar-refractivity contribution in [1.82, 2.24) is 15.2 Å². The molecule has 0 spiro atoms. The Kier molecular flexibility index (Phi) is 5.80. The Labute approximate surface area is 122 Å². The summed E-state index contributed by atoms with van der Waals surface area (Å²) >= 11 is 0. The molecule has 1 aromatic heterocycles. The van der Waals surface area contributed by atoms with E-state index in [-0.39, 0.29) is 0 Å². The van der Waals surface area contributed by atoms with E-state index in [0.717, 1.165) is 37.7 Å². The second-order valence-corrected chi connectivity index (χ2v) is 5.59. The third-order valence-electron chi connectivity index (χ3n) is 4.11. The molecule has 4 nitrogen and oxygen atoms in total. The fourth-order valence-corrected chi connectivity index (χ4v) is 2.74. The summed E-state index contributed by atoms with van der Waals surface area (Å²) in [5.74, 6) is 0.753. The minimum absolute atomic E-state index is 0.684. The molecule has 1 saturated heterocycles. The van der Waals surface area contributed by atoms with Gasteiger partial charge in [0, 0.05) is 24.3 Å². The summed E-state index contributed by atoms with van der Waals surface area (Å²) in [6.45, 7) is 7.99. The number of nitrogens with one attached hydrogen (secondary N) is 1. The van der Waals surface area contributed by atoms with Crippen molar-refractivity contribution in [2.75, 3.05) is 26.7 Å². The summed E-state index contributed by atoms with van der Waals surface area (Å²) in [6, 6.07) is 4.78. The Bertz CT molecular complexity index is 422. The first kappa shape index (κ1) is 15.3. The molecule has 0 radical (unpaired) electrons. The maximum atomic E-state index is 5.80. The molecule has 0 amide bonds. The Balaban J connectivity index is 1.79. The summed E-state index contributed by atoms with van der Waals surface area (Å²) in [7, 11) is 2.20. The van der Waals surface area contributed by atoms with Crippen LogP contribution in [0, 0.1) is 6.92 Å². The van der Waals surface area contributed by atoms with Gasteiger partial charge in [-0.15, -0.1) is 0 Å². The van der Waals surface area contributed by atoms with Crippen molar-refractivity contribution in [2.24, 2.45) is 0 Å². The lowest BCUT2D eigenvalue weighted by molar-refractivity contribution is 0.228. The van der Waals surface area contributed by atoms with Crippen molar-refractivity contribution < 1.29 is 4.74 Å². The molecule has 1 fully saturated rings. The normalized spacial score (nSPS) is 19.4. The van der Waals surface area contributed by atoms with E-state index in [1.54, 1.807) is 0 Å². The second kappa shape index (κ2) is 7.60. The maximum absolute atomic E-state index is 5.80. The molecule has 4 heteroatoms. The number of aryl methyl sites for hydroxylation is 1. The number of aromatic nitrogens is 1. The topological polar surface area (TPSA) is 37.4 Å². The van der Waals surface area contributed by atoms with Gasteiger partial charge in [-0.1, -0.05) is 13.0 Å². The van der Waals surface area contributed by atoms with Crippen LogP contribution in [0.3, 0.4) is 0 Å². The number of ether oxygens (including phenoxy) is 1. The van der Waals surface area contributed by atoms with Crippen LogP contribution in [0.5, 0.6) is 5.88 Å². The number of likely N-dealkylation sites (tertiary alicyclic amines) is 1. The molecule has 20 heavy (non-hydrogen) atoms. The van der Waals surface area contributed by atoms with E-state index in [1.807, 2.05) is 13.0 Å². The van der Waals surface area contributed by atoms with E-state index >= 15 is 0 Å². The van der Waals surface area contributed by atoms with Gasteiger partial charge < -0.3 is 15.0 Å². The van der Waals surface area contributed by atoms with Crippen LogP contribution < -0.4 is 10.1 Å². The van der Waals surface area contributed by atoms with Crippen molar-refractivity contribution in [3.63, 3.8) is 0 Å². The van der Waals surface area contributed by atoms with Gasteiger partial charge in [0.15, 0.2) is 0 Å². The van der Waals surface area contributed by atoms with Crippen molar-refractivity contribution >= 4 is 0 Å². The third kappa shape index (κ3) is 4.18. The van der Waals surface area contributed by atoms with Crippen LogP contribution in [-0.2, 0) is 6.54 Å². The first-order valence-corrected chi connectivity index (χ1v) is 7.71. The van der Waals surface area contributed by atoms with Crippen LogP contribution in [0.4, 0.5) is 0 Å². The predicted molar refractivity (Wildman–Crippen MR) is 82.1 cm³/mol. The van der Waals surface area contributed by atoms with Gasteiger partial charge in [-0.25, -0.2) is 4.98 Å². The molecule has 1 unspecified atom stereocenters. The van der Waals surface area contributed by atoms with Gasteiger partial charge in [0.1, 0.15) is 0 Å². The molecule has 1 aromatic rings. The predicted octanol–water partition coefficient (Wildman–Crippen LogP) is 2.36. The van der Waals surface area contributed by atoms with Gasteiger partial charge >= 0.3 is 0 Å². The molecular weight excluding hydrogens is 250 g/mol. The zero-order chi connectivity index (χ0) is 14.4. The molecular formula is C16H27N3O. The zero-order valence-corrected chi connectivity index (χ0v) is 13.0. The largest absolute Gasteiger partial charge is 0.478 e. The number of rotatable bonds is 7. The quantitative estimate of drug-likeness (QED) is 0.830. The Morgan fingerprint density at radius 2 is 2.30 bits per heavy atom. The fraction of sp³-hybridized carbons (Fsp3) is 0.688. The van der Waals surface area contributed by atoms with Gasteiger partial charge in [-0.3, -0.25) is 0 Å². The highest BCUT2D eigenvalue weighted by atomic mass is 16.5. The number of pyridine rings is 1. The Morgan fingerprint density at radius 3 is 2.95 bits per heavy atom. The molecule has 1 aliphatic heterocycles. The minimum atomic E-state index is 0.684. The second-order valence-electron chi connectivity index (χ2n) is 5.59. The van der Waals surface area contributed by atoms with E-state index in [9.17, 15) is 0 Å². The van der Waals surface area contributed by atoms with E-state index < -0.39 is 0 Å². The van der Waals surface area contributed by atoms with Crippen LogP contribution in [0.1, 0.15) is 37.4 Å². The average molecular weight is 277 g/mol. The van der Waals surface area contributed by atoms with Crippen LogP contribution in [0.25, 0.3) is 0 Å². The van der Waals surface area contributed by atoms with Crippen molar-refractivity contribution in [3.05, 3.63) is 23.4 Å². The van der Waals surface area contributed by atoms with Gasteiger partial charge in [-0.05, 0) is 51.9 Å². The van der Waals surface area contributed by atoms with E-state index in [0.29, 0.717) is 6.04 Å². The molecule has 2 rings (SSSR count). The summed E-state index contributed by atoms with van der Waals surface area (Å²) in [6.07, 6.45) is 3.71. The zero-order valence-electron chi connectivity index (χ0n) is 13.0. The van der Waals surface area contributed by atoms with Gasteiger partial charge in [0.25, 0.3) is 0 Å². The summed E-state index contributed by atoms with van der Waals surface area (Å²) in [4.78, 5) is 6.97. The molecule has 0 bridgehead atoms. The summed E-state index contributed by atoms with van der Waals surface area (Å²) < 4.78 is 5.80. The van der Waals surface area contributed by atoms with Crippen molar-refractivity contribution in [3.8, 4) is 5.88 Å². The van der Waals surface area contributed by atoms with Crippen molar-refractivity contribution in [2.45, 2.75) is 45.7 Å². The number of hydrogen-bond acceptors (Lipinski definition) is 4. The molecule has 2 heterocycles. The Hall–Kier alpha value is -1.13. The molecule has 0 aromatic carbocycles. The molecule has 112 valence electrons. The molecule has 0 saturated carbocycles. The minimum Gasteiger partial charge on any atom is -0.478 e. The van der Waals surface area contributed by atoms with Gasteiger partial charge in [0.2, 0.25) is 5.88 Å². The monoisotopic (exact) mass is 277 g/mol. The molecule has 1 atom stereocenters. The van der Waals surface area contributed by atoms with E-state index in [4.69, 9.17) is 4.74 Å². The number of hydrogen-bond donors (Lipinski definition) is 1. The highest BCUT2D eigenvalue weighted by Crippen LogP contribution is 2.18. The van der Waals surface area contributed by atoms with Crippen LogP contribution >= 0.6 is 0 Å². The van der Waals surface area contributed by atoms with Gasteiger partial charge in [-0.2, -0.15) is 0 Å². The highest BCUT2D eigenvalue weighted by Gasteiger charge is 2.20. The van der Waals surface area contributed by atoms with E-state index in [1.165, 1.54) is 24.9 Å². The smallest absolute Gasteiger partial charge is 0.213 e. The third-order valence-corrected chi connectivity index (χ3v) is 4.11. The lowest BCUT2D eigenvalue weighted by atomic mass is 10.1.